The number of morpholine rings is 1. The number of nitrogens with zero attached hydrogens (tertiary/aromatic N) is 1. The van der Waals surface area contributed by atoms with E-state index in [2.05, 4.69) is 12.2 Å². The van der Waals surface area contributed by atoms with Gasteiger partial charge in [-0.15, -0.1) is 0 Å². The van der Waals surface area contributed by atoms with Crippen LogP contribution in [-0.2, 0) is 9.53 Å². The molecule has 0 bridgehead atoms. The largest absolute Gasteiger partial charge is 0.378 e. The molecule has 0 aliphatic carbocycles. The molecule has 1 aromatic carbocycles. The highest BCUT2D eigenvalue weighted by atomic mass is 35.5. The number of hydrogen-bond donors (Lipinski definition) is 1. The first kappa shape index (κ1) is 16.3. The Morgan fingerprint density at radius 3 is 2.52 bits per heavy atom. The molecule has 1 aliphatic heterocycles. The van der Waals surface area contributed by atoms with Crippen LogP contribution in [0.1, 0.15) is 31.9 Å². The number of hydrogen-bond acceptors (Lipinski definition) is 3. The van der Waals surface area contributed by atoms with Gasteiger partial charge in [-0.2, -0.15) is 0 Å². The van der Waals surface area contributed by atoms with E-state index in [1.807, 2.05) is 36.1 Å². The van der Waals surface area contributed by atoms with Crippen molar-refractivity contribution in [3.8, 4) is 0 Å². The first-order chi connectivity index (χ1) is 10.1. The average Bonchev–Trinajstić information content (AvgIpc) is 2.53. The van der Waals surface area contributed by atoms with Crippen molar-refractivity contribution in [2.75, 3.05) is 26.3 Å². The number of ether oxygens (including phenoxy) is 1. The molecule has 1 fully saturated rings. The van der Waals surface area contributed by atoms with Gasteiger partial charge in [0.2, 0.25) is 5.91 Å². The van der Waals surface area contributed by atoms with Gasteiger partial charge in [-0.1, -0.05) is 30.7 Å². The van der Waals surface area contributed by atoms with Gasteiger partial charge in [0.05, 0.1) is 19.3 Å². The third-order valence-corrected chi connectivity index (χ3v) is 4.08. The third-order valence-electron chi connectivity index (χ3n) is 3.82. The summed E-state index contributed by atoms with van der Waals surface area (Å²) in [4.78, 5) is 14.3. The van der Waals surface area contributed by atoms with Crippen LogP contribution in [0.4, 0.5) is 0 Å². The lowest BCUT2D eigenvalue weighted by Gasteiger charge is -2.31. The molecule has 0 spiro atoms. The summed E-state index contributed by atoms with van der Waals surface area (Å²) >= 11 is 5.92. The van der Waals surface area contributed by atoms with Crippen LogP contribution in [-0.4, -0.2) is 43.2 Å². The summed E-state index contributed by atoms with van der Waals surface area (Å²) in [5.41, 5.74) is 1.16. The molecule has 21 heavy (non-hydrogen) atoms. The average molecular weight is 311 g/mol. The summed E-state index contributed by atoms with van der Waals surface area (Å²) in [6.07, 6.45) is 0.919. The van der Waals surface area contributed by atoms with Gasteiger partial charge in [0.15, 0.2) is 0 Å². The highest BCUT2D eigenvalue weighted by Gasteiger charge is 2.24. The maximum Gasteiger partial charge on any atom is 0.239 e. The Bertz CT molecular complexity index is 458. The van der Waals surface area contributed by atoms with Crippen molar-refractivity contribution >= 4 is 17.5 Å². The number of rotatable bonds is 5. The summed E-state index contributed by atoms with van der Waals surface area (Å²) in [5.74, 6) is 0.144. The lowest BCUT2D eigenvalue weighted by molar-refractivity contribution is -0.137. The van der Waals surface area contributed by atoms with Gasteiger partial charge in [0, 0.05) is 24.2 Å². The Labute approximate surface area is 131 Å². The predicted octanol–water partition coefficient (Wildman–Crippen LogP) is 2.63. The van der Waals surface area contributed by atoms with E-state index in [-0.39, 0.29) is 18.0 Å². The zero-order valence-electron chi connectivity index (χ0n) is 12.6. The summed E-state index contributed by atoms with van der Waals surface area (Å²) in [7, 11) is 0. The second-order valence-corrected chi connectivity index (χ2v) is 5.77. The summed E-state index contributed by atoms with van der Waals surface area (Å²) in [5, 5.41) is 4.15. The predicted molar refractivity (Wildman–Crippen MR) is 84.5 cm³/mol. The van der Waals surface area contributed by atoms with Gasteiger partial charge in [0.25, 0.3) is 0 Å². The van der Waals surface area contributed by atoms with E-state index in [4.69, 9.17) is 16.3 Å². The highest BCUT2D eigenvalue weighted by Crippen LogP contribution is 2.20. The maximum atomic E-state index is 12.4. The maximum absolute atomic E-state index is 12.4. The van der Waals surface area contributed by atoms with E-state index in [0.717, 1.165) is 17.0 Å². The molecule has 2 unspecified atom stereocenters. The number of carbonyl (C=O) groups excluding carboxylic acids is 1. The van der Waals surface area contributed by atoms with Crippen LogP contribution in [0, 0.1) is 0 Å². The van der Waals surface area contributed by atoms with E-state index in [1.54, 1.807) is 0 Å². The Kier molecular flexibility index (Phi) is 6.03. The Hall–Kier alpha value is -1.10. The van der Waals surface area contributed by atoms with Crippen molar-refractivity contribution in [3.05, 3.63) is 34.9 Å². The Morgan fingerprint density at radius 2 is 1.95 bits per heavy atom. The van der Waals surface area contributed by atoms with Gasteiger partial charge < -0.3 is 9.64 Å². The normalized spacial score (nSPS) is 18.3. The number of halogens is 1. The minimum atomic E-state index is -0.205. The zero-order valence-corrected chi connectivity index (χ0v) is 13.4. The molecule has 2 rings (SSSR count). The van der Waals surface area contributed by atoms with Crippen LogP contribution in [0.15, 0.2) is 24.3 Å². The standard InChI is InChI=1S/C16H23ClN2O2/c1-3-15(13-4-6-14(17)7-5-13)18-12(2)16(20)19-8-10-21-11-9-19/h4-7,12,15,18H,3,8-11H2,1-2H3. The van der Waals surface area contributed by atoms with Gasteiger partial charge in [-0.25, -0.2) is 0 Å². The zero-order chi connectivity index (χ0) is 15.2. The number of benzene rings is 1. The molecule has 0 saturated carbocycles. The second kappa shape index (κ2) is 7.78. The third kappa shape index (κ3) is 4.43. The van der Waals surface area contributed by atoms with Gasteiger partial charge in [-0.3, -0.25) is 10.1 Å². The summed E-state index contributed by atoms with van der Waals surface area (Å²) in [6, 6.07) is 7.74. The van der Waals surface area contributed by atoms with E-state index in [1.165, 1.54) is 0 Å². The summed E-state index contributed by atoms with van der Waals surface area (Å²) < 4.78 is 5.29. The van der Waals surface area contributed by atoms with E-state index in [0.29, 0.717) is 26.3 Å². The number of carbonyl (C=O) groups is 1. The van der Waals surface area contributed by atoms with Crippen LogP contribution in [0.3, 0.4) is 0 Å². The molecular formula is C16H23ClN2O2. The fourth-order valence-corrected chi connectivity index (χ4v) is 2.70. The van der Waals surface area contributed by atoms with Crippen molar-refractivity contribution in [3.63, 3.8) is 0 Å². The van der Waals surface area contributed by atoms with Gasteiger partial charge >= 0.3 is 0 Å². The molecule has 5 heteroatoms. The molecule has 1 aliphatic rings. The molecule has 1 N–H and O–H groups in total. The fourth-order valence-electron chi connectivity index (χ4n) is 2.58. The molecule has 0 radical (unpaired) electrons. The van der Waals surface area contributed by atoms with Crippen molar-refractivity contribution in [2.45, 2.75) is 32.4 Å². The van der Waals surface area contributed by atoms with Gasteiger partial charge in [-0.05, 0) is 31.0 Å². The minimum absolute atomic E-state index is 0.144. The quantitative estimate of drug-likeness (QED) is 0.909. The monoisotopic (exact) mass is 310 g/mol. The Morgan fingerprint density at radius 1 is 1.33 bits per heavy atom. The summed E-state index contributed by atoms with van der Waals surface area (Å²) in [6.45, 7) is 6.67. The van der Waals surface area contributed by atoms with Crippen molar-refractivity contribution in [2.24, 2.45) is 0 Å². The number of nitrogens with one attached hydrogen (secondary N) is 1. The van der Waals surface area contributed by atoms with Crippen LogP contribution >= 0.6 is 11.6 Å². The molecule has 0 aromatic heterocycles. The fraction of sp³-hybridized carbons (Fsp3) is 0.562. The topological polar surface area (TPSA) is 41.6 Å². The SMILES string of the molecule is CCC(NC(C)C(=O)N1CCOCC1)c1ccc(Cl)cc1. The first-order valence-corrected chi connectivity index (χ1v) is 7.87. The molecule has 1 aromatic rings. The van der Waals surface area contributed by atoms with Crippen LogP contribution < -0.4 is 5.32 Å². The number of amides is 1. The smallest absolute Gasteiger partial charge is 0.239 e. The van der Waals surface area contributed by atoms with E-state index >= 15 is 0 Å². The Balaban J connectivity index is 1.96. The molecule has 1 heterocycles. The lowest BCUT2D eigenvalue weighted by Crippen LogP contribution is -2.49. The van der Waals surface area contributed by atoms with Crippen molar-refractivity contribution < 1.29 is 9.53 Å². The minimum Gasteiger partial charge on any atom is -0.378 e. The molecule has 1 amide bonds. The molecule has 4 nitrogen and oxygen atoms in total. The molecule has 2 atom stereocenters. The van der Waals surface area contributed by atoms with Crippen LogP contribution in [0.25, 0.3) is 0 Å². The lowest BCUT2D eigenvalue weighted by atomic mass is 10.0. The van der Waals surface area contributed by atoms with Crippen molar-refractivity contribution in [1.82, 2.24) is 10.2 Å². The van der Waals surface area contributed by atoms with Crippen LogP contribution in [0.2, 0.25) is 5.02 Å². The van der Waals surface area contributed by atoms with Crippen molar-refractivity contribution in [1.29, 1.82) is 0 Å². The molecular weight excluding hydrogens is 288 g/mol. The van der Waals surface area contributed by atoms with Crippen LogP contribution in [0.5, 0.6) is 0 Å². The van der Waals surface area contributed by atoms with Gasteiger partial charge in [0.1, 0.15) is 0 Å². The van der Waals surface area contributed by atoms with E-state index in [9.17, 15) is 4.79 Å². The molecule has 1 saturated heterocycles. The first-order valence-electron chi connectivity index (χ1n) is 7.50. The highest BCUT2D eigenvalue weighted by molar-refractivity contribution is 6.30. The van der Waals surface area contributed by atoms with E-state index < -0.39 is 0 Å². The second-order valence-electron chi connectivity index (χ2n) is 5.34. The molecule has 116 valence electrons.